The maximum atomic E-state index is 10.8. The quantitative estimate of drug-likeness (QED) is 0.0726. The predicted molar refractivity (Wildman–Crippen MR) is 130 cm³/mol. The molecule has 1 aromatic heterocycles. The lowest BCUT2D eigenvalue weighted by Crippen LogP contribution is -2.46. The summed E-state index contributed by atoms with van der Waals surface area (Å²) in [4.78, 5) is 67.8. The molecule has 42 heavy (non-hydrogen) atoms. The van der Waals surface area contributed by atoms with Crippen LogP contribution in [0.1, 0.15) is 42.3 Å². The summed E-state index contributed by atoms with van der Waals surface area (Å²) in [5.41, 5.74) is 9.84. The Balaban J connectivity index is 0.000000702. The highest BCUT2D eigenvalue weighted by Gasteiger charge is 2.48. The van der Waals surface area contributed by atoms with Crippen molar-refractivity contribution in [3.63, 3.8) is 0 Å². The van der Waals surface area contributed by atoms with Gasteiger partial charge in [0, 0.05) is 18.9 Å². The SMILES string of the molecule is NC(CCC(=O)O)C(=O)O.NC(CCC(=O)O)C(=O)O.O=C([O-])c1ccc[n+]([C@@H]2O[C@H](COP(=O)(O)O)[C@@H](O)[C@H]2O)c1. The summed E-state index contributed by atoms with van der Waals surface area (Å²) in [7, 11) is -4.74. The van der Waals surface area contributed by atoms with Crippen molar-refractivity contribution in [3.05, 3.63) is 30.1 Å². The number of carbonyl (C=O) groups is 5. The lowest BCUT2D eigenvalue weighted by molar-refractivity contribution is -0.765. The number of hydrogen-bond acceptors (Lipinski definition) is 13. The summed E-state index contributed by atoms with van der Waals surface area (Å²) >= 11 is 0. The highest BCUT2D eigenvalue weighted by atomic mass is 31.2. The van der Waals surface area contributed by atoms with Crippen LogP contribution in [0.2, 0.25) is 0 Å². The first kappa shape index (κ1) is 38.4. The van der Waals surface area contributed by atoms with Gasteiger partial charge in [0.1, 0.15) is 24.3 Å². The molecule has 0 bridgehead atoms. The highest BCUT2D eigenvalue weighted by Crippen LogP contribution is 2.37. The summed E-state index contributed by atoms with van der Waals surface area (Å²) in [6.45, 7) is -0.639. The molecule has 6 atom stereocenters. The first-order valence-electron chi connectivity index (χ1n) is 11.6. The maximum Gasteiger partial charge on any atom is 0.469 e. The van der Waals surface area contributed by atoms with E-state index < -0.39 is 80.9 Å². The fourth-order valence-electron chi connectivity index (χ4n) is 2.86. The van der Waals surface area contributed by atoms with Gasteiger partial charge in [-0.2, -0.15) is 4.57 Å². The van der Waals surface area contributed by atoms with E-state index in [-0.39, 0.29) is 31.2 Å². The molecular weight excluding hydrogens is 597 g/mol. The summed E-state index contributed by atoms with van der Waals surface area (Å²) in [6, 6.07) is 0.539. The lowest BCUT2D eigenvalue weighted by Gasteiger charge is -2.13. The summed E-state index contributed by atoms with van der Waals surface area (Å²) < 4.78 is 21.4. The number of aliphatic carboxylic acids is 4. The Bertz CT molecular complexity index is 1100. The number of ether oxygens (including phenoxy) is 1. The Hall–Kier alpha value is -3.59. The molecule has 0 aliphatic carbocycles. The number of aliphatic hydroxyl groups excluding tert-OH is 2. The summed E-state index contributed by atoms with van der Waals surface area (Å²) in [6.07, 6.45) is -3.13. The summed E-state index contributed by atoms with van der Waals surface area (Å²) in [5, 5.41) is 63.1. The van der Waals surface area contributed by atoms with Gasteiger partial charge in [-0.15, -0.1) is 0 Å². The van der Waals surface area contributed by atoms with Crippen LogP contribution < -0.4 is 21.1 Å². The number of hydrogen-bond donors (Lipinski definition) is 10. The molecule has 1 saturated heterocycles. The van der Waals surface area contributed by atoms with Gasteiger partial charge >= 0.3 is 31.7 Å². The molecule has 0 spiro atoms. The second-order valence-electron chi connectivity index (χ2n) is 8.41. The molecule has 1 fully saturated rings. The van der Waals surface area contributed by atoms with Gasteiger partial charge in [0.05, 0.1) is 18.1 Å². The number of aliphatic hydroxyl groups is 2. The average molecular weight is 629 g/mol. The zero-order valence-electron chi connectivity index (χ0n) is 21.6. The van der Waals surface area contributed by atoms with Crippen LogP contribution in [0, 0.1) is 0 Å². The number of aromatic nitrogens is 1. The van der Waals surface area contributed by atoms with Crippen LogP contribution in [-0.4, -0.2) is 107 Å². The van der Waals surface area contributed by atoms with E-state index in [1.165, 1.54) is 22.9 Å². The monoisotopic (exact) mass is 629 g/mol. The molecule has 0 radical (unpaired) electrons. The van der Waals surface area contributed by atoms with E-state index in [4.69, 9.17) is 46.4 Å². The molecule has 1 aromatic rings. The smallest absolute Gasteiger partial charge is 0.469 e. The van der Waals surface area contributed by atoms with Crippen LogP contribution in [-0.2, 0) is 33.0 Å². The average Bonchev–Trinajstić information content (AvgIpc) is 3.18. The van der Waals surface area contributed by atoms with Crippen molar-refractivity contribution in [2.75, 3.05) is 6.61 Å². The number of carboxylic acids is 5. The van der Waals surface area contributed by atoms with Crippen LogP contribution in [0.15, 0.2) is 24.5 Å². The second-order valence-corrected chi connectivity index (χ2v) is 9.65. The number of pyridine rings is 1. The molecule has 2 unspecified atom stereocenters. The molecule has 1 aliphatic heterocycles. The van der Waals surface area contributed by atoms with E-state index in [2.05, 4.69) is 4.52 Å². The minimum atomic E-state index is -4.74. The van der Waals surface area contributed by atoms with Crippen LogP contribution in [0.4, 0.5) is 0 Å². The standard InChI is InChI=1S/C11H14NO9P.2C5H9NO4/c13-8-7(5-20-22(17,18)19)21-10(9(8)14)12-3-1-2-6(4-12)11(15)16;2*6-3(5(9)10)1-2-4(7)8/h1-4,7-10,13-14H,5H2,(H2-,15,16,17,18,19);2*3H,1-2,6H2,(H,7,8)(H,9,10)/t7-,8-,9-,10-;;/m1../s1. The largest absolute Gasteiger partial charge is 0.545 e. The summed E-state index contributed by atoms with van der Waals surface area (Å²) in [5.74, 6) is -5.82. The van der Waals surface area contributed by atoms with Crippen molar-refractivity contribution in [1.82, 2.24) is 0 Å². The van der Waals surface area contributed by atoms with Crippen LogP contribution in [0.5, 0.6) is 0 Å². The molecule has 0 saturated carbocycles. The van der Waals surface area contributed by atoms with E-state index in [0.29, 0.717) is 0 Å². The third-order valence-electron chi connectivity index (χ3n) is 5.07. The molecule has 2 heterocycles. The molecular formula is C21H32N3O17P. The van der Waals surface area contributed by atoms with Gasteiger partial charge in [-0.05, 0) is 18.9 Å². The number of nitrogens with two attached hydrogens (primary N) is 2. The van der Waals surface area contributed by atoms with Gasteiger partial charge in [-0.3, -0.25) is 23.7 Å². The van der Waals surface area contributed by atoms with E-state index in [1.807, 2.05) is 0 Å². The van der Waals surface area contributed by atoms with Crippen molar-refractivity contribution in [2.24, 2.45) is 11.5 Å². The van der Waals surface area contributed by atoms with Crippen molar-refractivity contribution < 1.29 is 87.9 Å². The normalized spacial score (nSPS) is 21.0. The first-order chi connectivity index (χ1) is 19.3. The Labute approximate surface area is 236 Å². The number of aromatic carboxylic acids is 1. The third-order valence-corrected chi connectivity index (χ3v) is 5.55. The molecule has 12 N–H and O–H groups in total. The van der Waals surface area contributed by atoms with Gasteiger partial charge in [0.2, 0.25) is 0 Å². The molecule has 2 rings (SSSR count). The van der Waals surface area contributed by atoms with Gasteiger partial charge in [0.15, 0.2) is 18.5 Å². The zero-order chi connectivity index (χ0) is 32.8. The Morgan fingerprint density at radius 2 is 1.43 bits per heavy atom. The Morgan fingerprint density at radius 3 is 1.81 bits per heavy atom. The van der Waals surface area contributed by atoms with Crippen LogP contribution in [0.3, 0.4) is 0 Å². The van der Waals surface area contributed by atoms with Crippen molar-refractivity contribution in [3.8, 4) is 0 Å². The molecule has 0 aromatic carbocycles. The third kappa shape index (κ3) is 15.4. The number of rotatable bonds is 13. The lowest BCUT2D eigenvalue weighted by atomic mass is 10.1. The second kappa shape index (κ2) is 18.1. The molecule has 1 aliphatic rings. The molecule has 21 heteroatoms. The van der Waals surface area contributed by atoms with Gasteiger partial charge in [-0.25, -0.2) is 4.57 Å². The number of phosphoric acid groups is 1. The zero-order valence-corrected chi connectivity index (χ0v) is 22.5. The Kier molecular flexibility index (Phi) is 16.5. The fourth-order valence-corrected chi connectivity index (χ4v) is 3.20. The van der Waals surface area contributed by atoms with Gasteiger partial charge in [0.25, 0.3) is 6.23 Å². The van der Waals surface area contributed by atoms with Gasteiger partial charge < -0.3 is 66.5 Å². The number of nitrogens with zero attached hydrogens (tertiary/aromatic N) is 1. The topological polar surface area (TPSA) is 362 Å². The predicted octanol–water partition coefficient (Wildman–Crippen LogP) is -4.41. The molecule has 20 nitrogen and oxygen atoms in total. The molecule has 238 valence electrons. The number of phosphoric ester groups is 1. The molecule has 0 amide bonds. The van der Waals surface area contributed by atoms with E-state index in [0.717, 1.165) is 6.20 Å². The Morgan fingerprint density at radius 1 is 0.952 bits per heavy atom. The van der Waals surface area contributed by atoms with Crippen LogP contribution in [0.25, 0.3) is 0 Å². The van der Waals surface area contributed by atoms with Gasteiger partial charge in [-0.1, -0.05) is 0 Å². The minimum Gasteiger partial charge on any atom is -0.545 e. The van der Waals surface area contributed by atoms with Crippen molar-refractivity contribution in [1.29, 1.82) is 0 Å². The van der Waals surface area contributed by atoms with E-state index >= 15 is 0 Å². The van der Waals surface area contributed by atoms with E-state index in [9.17, 15) is 43.9 Å². The maximum absolute atomic E-state index is 10.8. The first-order valence-corrected chi connectivity index (χ1v) is 13.1. The minimum absolute atomic E-state index is 0.0231. The fraction of sp³-hybridized carbons (Fsp3) is 0.524. The number of carboxylic acid groups (broad SMARTS) is 5. The van der Waals surface area contributed by atoms with Crippen LogP contribution >= 0.6 is 7.82 Å². The van der Waals surface area contributed by atoms with Crippen molar-refractivity contribution in [2.45, 2.75) is 62.3 Å². The highest BCUT2D eigenvalue weighted by molar-refractivity contribution is 7.46. The number of carbonyl (C=O) groups excluding carboxylic acids is 1. The van der Waals surface area contributed by atoms with Crippen molar-refractivity contribution >= 4 is 37.7 Å². The van der Waals surface area contributed by atoms with E-state index in [1.54, 1.807) is 0 Å².